The van der Waals surface area contributed by atoms with Crippen LogP contribution >= 0.6 is 27.5 Å². The Labute approximate surface area is 116 Å². The number of anilines is 1. The van der Waals surface area contributed by atoms with E-state index in [1.54, 1.807) is 0 Å². The second-order valence-corrected chi connectivity index (χ2v) is 6.56. The lowest BCUT2D eigenvalue weighted by Gasteiger charge is -2.34. The molecule has 3 nitrogen and oxygen atoms in total. The molecule has 1 N–H and O–H groups in total. The van der Waals surface area contributed by atoms with Crippen LogP contribution in [0.4, 0.5) is 5.82 Å². The van der Waals surface area contributed by atoms with E-state index in [1.807, 2.05) is 0 Å². The predicted octanol–water partition coefficient (Wildman–Crippen LogP) is 4.27. The van der Waals surface area contributed by atoms with Crippen LogP contribution in [-0.4, -0.2) is 16.0 Å². The van der Waals surface area contributed by atoms with Crippen molar-refractivity contribution in [3.05, 3.63) is 16.0 Å². The lowest BCUT2D eigenvalue weighted by atomic mass is 9.75. The molecule has 1 saturated carbocycles. The summed E-state index contributed by atoms with van der Waals surface area (Å²) in [5.74, 6) is 0.801. The second kappa shape index (κ2) is 5.11. The van der Waals surface area contributed by atoms with Crippen LogP contribution in [0.1, 0.15) is 39.5 Å². The van der Waals surface area contributed by atoms with Crippen LogP contribution in [0.3, 0.4) is 0 Å². The van der Waals surface area contributed by atoms with Gasteiger partial charge in [0.25, 0.3) is 0 Å². The Morgan fingerprint density at radius 1 is 1.35 bits per heavy atom. The van der Waals surface area contributed by atoms with Gasteiger partial charge in [0, 0.05) is 6.04 Å². The van der Waals surface area contributed by atoms with Crippen LogP contribution in [0.2, 0.25) is 5.15 Å². The lowest BCUT2D eigenvalue weighted by Crippen LogP contribution is -2.30. The molecule has 1 aliphatic rings. The Morgan fingerprint density at radius 3 is 2.65 bits per heavy atom. The maximum atomic E-state index is 5.94. The van der Waals surface area contributed by atoms with Gasteiger partial charge < -0.3 is 5.32 Å². The van der Waals surface area contributed by atoms with Gasteiger partial charge in [0.2, 0.25) is 0 Å². The van der Waals surface area contributed by atoms with E-state index in [-0.39, 0.29) is 0 Å². The Bertz CT molecular complexity index is 399. The van der Waals surface area contributed by atoms with Gasteiger partial charge in [-0.2, -0.15) is 0 Å². The van der Waals surface area contributed by atoms with Crippen molar-refractivity contribution in [2.45, 2.75) is 45.6 Å². The third-order valence-corrected chi connectivity index (χ3v) is 4.69. The molecule has 1 heterocycles. The zero-order valence-corrected chi connectivity index (χ0v) is 12.5. The van der Waals surface area contributed by atoms with Crippen molar-refractivity contribution >= 4 is 33.3 Å². The highest BCUT2D eigenvalue weighted by Gasteiger charge is 2.27. The number of nitrogens with zero attached hydrogens (tertiary/aromatic N) is 2. The molecule has 5 heteroatoms. The van der Waals surface area contributed by atoms with Crippen molar-refractivity contribution in [2.24, 2.45) is 5.41 Å². The number of aromatic nitrogens is 2. The summed E-state index contributed by atoms with van der Waals surface area (Å²) in [5.41, 5.74) is 0.485. The number of nitrogens with one attached hydrogen (secondary N) is 1. The Balaban J connectivity index is 2.00. The molecule has 94 valence electrons. The summed E-state index contributed by atoms with van der Waals surface area (Å²) in [6.45, 7) is 4.67. The minimum atomic E-state index is 0.457. The first-order valence-corrected chi connectivity index (χ1v) is 7.07. The highest BCUT2D eigenvalue weighted by atomic mass is 79.9. The van der Waals surface area contributed by atoms with Crippen LogP contribution in [0, 0.1) is 5.41 Å². The molecule has 0 amide bonds. The average Bonchev–Trinajstić information content (AvgIpc) is 2.27. The number of hydrogen-bond donors (Lipinski definition) is 1. The summed E-state index contributed by atoms with van der Waals surface area (Å²) in [6, 6.07) is 0.491. The van der Waals surface area contributed by atoms with Gasteiger partial charge in [0.1, 0.15) is 17.3 Å². The van der Waals surface area contributed by atoms with Gasteiger partial charge in [0.05, 0.1) is 4.47 Å². The first-order valence-electron chi connectivity index (χ1n) is 5.90. The van der Waals surface area contributed by atoms with Gasteiger partial charge >= 0.3 is 0 Å². The van der Waals surface area contributed by atoms with E-state index < -0.39 is 0 Å². The summed E-state index contributed by atoms with van der Waals surface area (Å²) < 4.78 is 0.756. The summed E-state index contributed by atoms with van der Waals surface area (Å²) in [7, 11) is 0. The number of halogens is 2. The Kier molecular flexibility index (Phi) is 3.93. The molecular formula is C12H17BrClN3. The maximum Gasteiger partial charge on any atom is 0.148 e. The molecular weight excluding hydrogens is 302 g/mol. The second-order valence-electron chi connectivity index (χ2n) is 5.41. The van der Waals surface area contributed by atoms with E-state index in [9.17, 15) is 0 Å². The van der Waals surface area contributed by atoms with Crippen molar-refractivity contribution in [3.8, 4) is 0 Å². The largest absolute Gasteiger partial charge is 0.366 e. The maximum absolute atomic E-state index is 5.94. The first-order chi connectivity index (χ1) is 7.98. The van der Waals surface area contributed by atoms with Crippen LogP contribution < -0.4 is 5.32 Å². The molecule has 2 rings (SSSR count). The molecule has 0 unspecified atom stereocenters. The van der Waals surface area contributed by atoms with Crippen molar-refractivity contribution in [1.29, 1.82) is 0 Å². The quantitative estimate of drug-likeness (QED) is 0.827. The van der Waals surface area contributed by atoms with E-state index in [0.29, 0.717) is 16.6 Å². The Hall–Kier alpha value is -0.350. The molecule has 17 heavy (non-hydrogen) atoms. The molecule has 0 aromatic carbocycles. The first kappa shape index (κ1) is 13.1. The third-order valence-electron chi connectivity index (χ3n) is 3.43. The zero-order chi connectivity index (χ0) is 12.5. The molecule has 1 aromatic heterocycles. The molecule has 1 fully saturated rings. The van der Waals surface area contributed by atoms with Crippen LogP contribution in [0.5, 0.6) is 0 Å². The smallest absolute Gasteiger partial charge is 0.148 e. The van der Waals surface area contributed by atoms with Crippen LogP contribution in [0.15, 0.2) is 10.8 Å². The van der Waals surface area contributed by atoms with E-state index in [2.05, 4.69) is 45.1 Å². The minimum Gasteiger partial charge on any atom is -0.366 e. The van der Waals surface area contributed by atoms with E-state index in [0.717, 1.165) is 10.3 Å². The topological polar surface area (TPSA) is 37.8 Å². The normalized spacial score (nSPS) is 20.2. The summed E-state index contributed by atoms with van der Waals surface area (Å²) in [5, 5.41) is 3.90. The van der Waals surface area contributed by atoms with Crippen LogP contribution in [0.25, 0.3) is 0 Å². The van der Waals surface area contributed by atoms with Crippen molar-refractivity contribution in [3.63, 3.8) is 0 Å². The molecule has 0 saturated heterocycles. The standard InChI is InChI=1S/C12H17BrClN3/c1-12(2)5-3-8(4-6-12)17-11-9(13)10(14)15-7-16-11/h7-8H,3-6H2,1-2H3,(H,15,16,17). The number of rotatable bonds is 2. The summed E-state index contributed by atoms with van der Waals surface area (Å²) >= 11 is 9.35. The SMILES string of the molecule is CC1(C)CCC(Nc2ncnc(Cl)c2Br)CC1. The highest BCUT2D eigenvalue weighted by molar-refractivity contribution is 9.10. The zero-order valence-electron chi connectivity index (χ0n) is 10.1. The molecule has 1 aromatic rings. The lowest BCUT2D eigenvalue weighted by molar-refractivity contribution is 0.232. The fourth-order valence-corrected chi connectivity index (χ4v) is 2.64. The minimum absolute atomic E-state index is 0.457. The molecule has 0 aliphatic heterocycles. The average molecular weight is 319 g/mol. The van der Waals surface area contributed by atoms with Gasteiger partial charge in [-0.1, -0.05) is 25.4 Å². The van der Waals surface area contributed by atoms with Gasteiger partial charge in [0.15, 0.2) is 0 Å². The number of hydrogen-bond acceptors (Lipinski definition) is 3. The van der Waals surface area contributed by atoms with Gasteiger partial charge in [-0.3, -0.25) is 0 Å². The molecule has 0 bridgehead atoms. The van der Waals surface area contributed by atoms with Gasteiger partial charge in [-0.05, 0) is 47.0 Å². The van der Waals surface area contributed by atoms with Gasteiger partial charge in [-0.15, -0.1) is 0 Å². The van der Waals surface area contributed by atoms with Crippen molar-refractivity contribution < 1.29 is 0 Å². The van der Waals surface area contributed by atoms with Crippen molar-refractivity contribution in [2.75, 3.05) is 5.32 Å². The fraction of sp³-hybridized carbons (Fsp3) is 0.667. The van der Waals surface area contributed by atoms with E-state index in [4.69, 9.17) is 11.6 Å². The summed E-state index contributed by atoms with van der Waals surface area (Å²) in [4.78, 5) is 8.14. The molecule has 0 radical (unpaired) electrons. The monoisotopic (exact) mass is 317 g/mol. The highest BCUT2D eigenvalue weighted by Crippen LogP contribution is 2.37. The molecule has 0 atom stereocenters. The molecule has 0 spiro atoms. The fourth-order valence-electron chi connectivity index (χ4n) is 2.19. The predicted molar refractivity (Wildman–Crippen MR) is 74.4 cm³/mol. The molecule has 1 aliphatic carbocycles. The van der Waals surface area contributed by atoms with Crippen molar-refractivity contribution in [1.82, 2.24) is 9.97 Å². The van der Waals surface area contributed by atoms with E-state index >= 15 is 0 Å². The Morgan fingerprint density at radius 2 is 2.00 bits per heavy atom. The van der Waals surface area contributed by atoms with Gasteiger partial charge in [-0.25, -0.2) is 9.97 Å². The van der Waals surface area contributed by atoms with Crippen LogP contribution in [-0.2, 0) is 0 Å². The van der Waals surface area contributed by atoms with E-state index in [1.165, 1.54) is 32.0 Å². The third kappa shape index (κ3) is 3.32. The summed E-state index contributed by atoms with van der Waals surface area (Å²) in [6.07, 6.45) is 6.35.